The van der Waals surface area contributed by atoms with E-state index in [1.54, 1.807) is 29.3 Å². The highest BCUT2D eigenvalue weighted by atomic mass is 16.5. The lowest BCUT2D eigenvalue weighted by Gasteiger charge is -2.09. The number of pyridine rings is 2. The lowest BCUT2D eigenvalue weighted by atomic mass is 10.0. The van der Waals surface area contributed by atoms with E-state index in [0.29, 0.717) is 17.6 Å². The molecule has 0 aromatic carbocycles. The predicted molar refractivity (Wildman–Crippen MR) is 103 cm³/mol. The minimum absolute atomic E-state index is 0.0908. The molecule has 2 aromatic heterocycles. The Labute approximate surface area is 149 Å². The van der Waals surface area contributed by atoms with Crippen LogP contribution in [-0.2, 0) is 14.1 Å². The summed E-state index contributed by atoms with van der Waals surface area (Å²) in [6.07, 6.45) is 3.75. The number of methoxy groups -OCH3 is 1. The largest absolute Gasteiger partial charge is 0.491 e. The summed E-state index contributed by atoms with van der Waals surface area (Å²) < 4.78 is 8.18. The maximum atomic E-state index is 11.4. The SMILES string of the molecule is COc1cc(C(C)C)cn(C)c1=O.Cc1cc(C(C)C)cn(C)c1=O. The van der Waals surface area contributed by atoms with Crippen LogP contribution in [0, 0.1) is 6.92 Å². The van der Waals surface area contributed by atoms with Crippen LogP contribution in [0.1, 0.15) is 56.2 Å². The first-order valence-corrected chi connectivity index (χ1v) is 8.50. The summed E-state index contributed by atoms with van der Waals surface area (Å²) in [5.74, 6) is 1.30. The van der Waals surface area contributed by atoms with E-state index in [2.05, 4.69) is 27.7 Å². The zero-order valence-corrected chi connectivity index (χ0v) is 16.6. The molecule has 0 saturated heterocycles. The van der Waals surface area contributed by atoms with Gasteiger partial charge in [-0.3, -0.25) is 9.59 Å². The van der Waals surface area contributed by atoms with Gasteiger partial charge in [0.1, 0.15) is 0 Å². The van der Waals surface area contributed by atoms with Gasteiger partial charge in [0.05, 0.1) is 7.11 Å². The monoisotopic (exact) mass is 346 g/mol. The first-order valence-electron chi connectivity index (χ1n) is 8.50. The average Bonchev–Trinajstić information content (AvgIpc) is 2.54. The Morgan fingerprint density at radius 1 is 0.840 bits per heavy atom. The van der Waals surface area contributed by atoms with Crippen molar-refractivity contribution >= 4 is 0 Å². The van der Waals surface area contributed by atoms with Crippen molar-refractivity contribution in [2.75, 3.05) is 7.11 Å². The second-order valence-corrected chi connectivity index (χ2v) is 6.94. The standard InChI is InChI=1S/C10H15NO2.C10H15NO/c1-7(2)8-5-9(13-4)10(12)11(3)6-8;1-7(2)9-5-8(3)10(12)11(4)6-9/h5-7H,1-4H3;5-7H,1-4H3. The third-order valence-corrected chi connectivity index (χ3v) is 4.11. The van der Waals surface area contributed by atoms with Crippen molar-refractivity contribution < 1.29 is 4.74 Å². The highest BCUT2D eigenvalue weighted by Gasteiger charge is 2.06. The molecule has 0 unspecified atom stereocenters. The smallest absolute Gasteiger partial charge is 0.292 e. The van der Waals surface area contributed by atoms with Crippen LogP contribution in [0.25, 0.3) is 0 Å². The summed E-state index contributed by atoms with van der Waals surface area (Å²) in [4.78, 5) is 22.7. The van der Waals surface area contributed by atoms with E-state index in [9.17, 15) is 9.59 Å². The van der Waals surface area contributed by atoms with Gasteiger partial charge in [-0.05, 0) is 42.0 Å². The molecule has 0 aliphatic carbocycles. The van der Waals surface area contributed by atoms with Crippen LogP contribution >= 0.6 is 0 Å². The van der Waals surface area contributed by atoms with Gasteiger partial charge in [-0.1, -0.05) is 27.7 Å². The zero-order chi connectivity index (χ0) is 19.3. The summed E-state index contributed by atoms with van der Waals surface area (Å²) in [5.41, 5.74) is 3.16. The first kappa shape index (κ1) is 20.7. The molecule has 0 spiro atoms. The summed E-state index contributed by atoms with van der Waals surface area (Å²) >= 11 is 0. The Morgan fingerprint density at radius 3 is 1.68 bits per heavy atom. The number of nitrogens with zero attached hydrogens (tertiary/aromatic N) is 2. The molecule has 2 heterocycles. The maximum absolute atomic E-state index is 11.4. The van der Waals surface area contributed by atoms with E-state index < -0.39 is 0 Å². The molecular weight excluding hydrogens is 316 g/mol. The van der Waals surface area contributed by atoms with Crippen LogP contribution in [-0.4, -0.2) is 16.2 Å². The van der Waals surface area contributed by atoms with Crippen molar-refractivity contribution in [3.05, 3.63) is 61.9 Å². The molecule has 0 amide bonds. The van der Waals surface area contributed by atoms with Crippen LogP contribution in [0.4, 0.5) is 0 Å². The number of hydrogen-bond acceptors (Lipinski definition) is 3. The second-order valence-electron chi connectivity index (χ2n) is 6.94. The Morgan fingerprint density at radius 2 is 1.28 bits per heavy atom. The predicted octanol–water partition coefficient (Wildman–Crippen LogP) is 3.33. The van der Waals surface area contributed by atoms with Gasteiger partial charge in [0.2, 0.25) is 0 Å². The van der Waals surface area contributed by atoms with Gasteiger partial charge in [-0.15, -0.1) is 0 Å². The molecule has 25 heavy (non-hydrogen) atoms. The van der Waals surface area contributed by atoms with E-state index in [0.717, 1.165) is 11.1 Å². The molecule has 5 heteroatoms. The van der Waals surface area contributed by atoms with Gasteiger partial charge >= 0.3 is 0 Å². The molecule has 0 radical (unpaired) electrons. The number of rotatable bonds is 3. The molecule has 0 aliphatic rings. The molecule has 0 aliphatic heterocycles. The Balaban J connectivity index is 0.000000251. The Hall–Kier alpha value is -2.30. The summed E-state index contributed by atoms with van der Waals surface area (Å²) in [5, 5.41) is 0. The number of aromatic nitrogens is 2. The molecule has 0 atom stereocenters. The van der Waals surface area contributed by atoms with Gasteiger partial charge < -0.3 is 13.9 Å². The average molecular weight is 346 g/mol. The molecular formula is C20H30N2O3. The van der Waals surface area contributed by atoms with Crippen LogP contribution in [0.3, 0.4) is 0 Å². The number of ether oxygens (including phenoxy) is 1. The molecule has 2 aromatic rings. The molecule has 5 nitrogen and oxygen atoms in total. The van der Waals surface area contributed by atoms with Gasteiger partial charge in [0, 0.05) is 32.1 Å². The van der Waals surface area contributed by atoms with Crippen molar-refractivity contribution in [2.45, 2.75) is 46.5 Å². The first-order chi connectivity index (χ1) is 11.6. The van der Waals surface area contributed by atoms with E-state index >= 15 is 0 Å². The lowest BCUT2D eigenvalue weighted by Crippen LogP contribution is -2.19. The van der Waals surface area contributed by atoms with Crippen LogP contribution < -0.4 is 15.9 Å². The van der Waals surface area contributed by atoms with Gasteiger partial charge in [-0.2, -0.15) is 0 Å². The van der Waals surface area contributed by atoms with Gasteiger partial charge in [0.25, 0.3) is 11.1 Å². The van der Waals surface area contributed by atoms with E-state index in [1.807, 2.05) is 25.4 Å². The fourth-order valence-corrected chi connectivity index (χ4v) is 2.39. The maximum Gasteiger partial charge on any atom is 0.292 e. The number of hydrogen-bond donors (Lipinski definition) is 0. The van der Waals surface area contributed by atoms with Crippen LogP contribution in [0.5, 0.6) is 5.75 Å². The minimum atomic E-state index is -0.0908. The lowest BCUT2D eigenvalue weighted by molar-refractivity contribution is 0.403. The quantitative estimate of drug-likeness (QED) is 0.856. The van der Waals surface area contributed by atoms with Crippen molar-refractivity contribution in [3.63, 3.8) is 0 Å². The van der Waals surface area contributed by atoms with Crippen molar-refractivity contribution in [3.8, 4) is 5.75 Å². The van der Waals surface area contributed by atoms with Crippen molar-refractivity contribution in [1.29, 1.82) is 0 Å². The second kappa shape index (κ2) is 8.70. The highest BCUT2D eigenvalue weighted by Crippen LogP contribution is 2.16. The Kier molecular flexibility index (Phi) is 7.22. The molecule has 138 valence electrons. The third-order valence-electron chi connectivity index (χ3n) is 4.11. The molecule has 0 fully saturated rings. The van der Waals surface area contributed by atoms with Crippen LogP contribution in [0.15, 0.2) is 34.1 Å². The normalized spacial score (nSPS) is 10.6. The number of aryl methyl sites for hydroxylation is 3. The van der Waals surface area contributed by atoms with E-state index in [1.165, 1.54) is 12.7 Å². The fourth-order valence-electron chi connectivity index (χ4n) is 2.39. The highest BCUT2D eigenvalue weighted by molar-refractivity contribution is 5.26. The van der Waals surface area contributed by atoms with Crippen LogP contribution in [0.2, 0.25) is 0 Å². The third kappa shape index (κ3) is 5.34. The van der Waals surface area contributed by atoms with Crippen molar-refractivity contribution in [1.82, 2.24) is 9.13 Å². The minimum Gasteiger partial charge on any atom is -0.491 e. The molecule has 2 rings (SSSR count). The molecule has 0 bridgehead atoms. The fraction of sp³-hybridized carbons (Fsp3) is 0.500. The van der Waals surface area contributed by atoms with E-state index in [-0.39, 0.29) is 11.1 Å². The van der Waals surface area contributed by atoms with Gasteiger partial charge in [0.15, 0.2) is 5.75 Å². The van der Waals surface area contributed by atoms with Crippen molar-refractivity contribution in [2.24, 2.45) is 14.1 Å². The Bertz CT molecular complexity index is 804. The molecule has 0 N–H and O–H groups in total. The summed E-state index contributed by atoms with van der Waals surface area (Å²) in [7, 11) is 5.04. The topological polar surface area (TPSA) is 53.2 Å². The van der Waals surface area contributed by atoms with Gasteiger partial charge in [-0.25, -0.2) is 0 Å². The summed E-state index contributed by atoms with van der Waals surface area (Å²) in [6, 6.07) is 3.76. The van der Waals surface area contributed by atoms with E-state index in [4.69, 9.17) is 4.74 Å². The molecule has 0 saturated carbocycles. The zero-order valence-electron chi connectivity index (χ0n) is 16.6. The summed E-state index contributed by atoms with van der Waals surface area (Å²) in [6.45, 7) is 10.3.